The van der Waals surface area contributed by atoms with E-state index in [1.807, 2.05) is 25.3 Å². The number of benzene rings is 1. The minimum absolute atomic E-state index is 0.0149. The number of hydrogen-bond acceptors (Lipinski definition) is 6. The number of hydrogen-bond donors (Lipinski definition) is 1. The van der Waals surface area contributed by atoms with Gasteiger partial charge in [-0.15, -0.1) is 11.3 Å². The molecule has 0 radical (unpaired) electrons. The SMILES string of the molecule is COc1cc(C(=O)N2[C@@H](c3nccs3)[C@H](C(C)C)C[C@]2(CC(C)C)OC(=O)O)ccc1C(C)(C)C. The molecule has 0 bridgehead atoms. The zero-order chi connectivity index (χ0) is 26.1. The number of thiazole rings is 1. The zero-order valence-corrected chi connectivity index (χ0v) is 22.8. The third-order valence-corrected chi connectivity index (χ3v) is 7.56. The van der Waals surface area contributed by atoms with Crippen molar-refractivity contribution in [2.45, 2.75) is 78.5 Å². The average Bonchev–Trinajstić information content (AvgIpc) is 3.37. The predicted octanol–water partition coefficient (Wildman–Crippen LogP) is 6.75. The fourth-order valence-electron chi connectivity index (χ4n) is 5.31. The van der Waals surface area contributed by atoms with E-state index in [0.717, 1.165) is 10.6 Å². The summed E-state index contributed by atoms with van der Waals surface area (Å²) in [6.45, 7) is 14.5. The van der Waals surface area contributed by atoms with Gasteiger partial charge in [0.2, 0.25) is 0 Å². The number of nitrogens with zero attached hydrogens (tertiary/aromatic N) is 2. The van der Waals surface area contributed by atoms with E-state index in [1.165, 1.54) is 11.3 Å². The summed E-state index contributed by atoms with van der Waals surface area (Å²) in [5, 5.41) is 12.5. The maximum absolute atomic E-state index is 14.3. The molecule has 1 N–H and O–H groups in total. The maximum Gasteiger partial charge on any atom is 0.507 e. The number of carboxylic acid groups (broad SMARTS) is 1. The summed E-state index contributed by atoms with van der Waals surface area (Å²) in [5.74, 6) is 0.615. The molecule has 0 saturated carbocycles. The van der Waals surface area contributed by atoms with Crippen molar-refractivity contribution in [1.82, 2.24) is 9.88 Å². The normalized spacial score (nSPS) is 22.6. The lowest BCUT2D eigenvalue weighted by Gasteiger charge is -2.40. The number of aromatic nitrogens is 1. The van der Waals surface area contributed by atoms with Gasteiger partial charge in [-0.25, -0.2) is 9.78 Å². The van der Waals surface area contributed by atoms with Gasteiger partial charge in [0, 0.05) is 30.0 Å². The highest BCUT2D eigenvalue weighted by Gasteiger charge is 2.58. The molecule has 0 aliphatic carbocycles. The average molecular weight is 503 g/mol. The molecule has 35 heavy (non-hydrogen) atoms. The van der Waals surface area contributed by atoms with Gasteiger partial charge in [-0.3, -0.25) is 9.69 Å². The van der Waals surface area contributed by atoms with E-state index < -0.39 is 17.9 Å². The molecule has 8 heteroatoms. The minimum Gasteiger partial charge on any atom is -0.496 e. The second kappa shape index (κ2) is 10.2. The van der Waals surface area contributed by atoms with Crippen LogP contribution in [0.25, 0.3) is 0 Å². The van der Waals surface area contributed by atoms with Crippen molar-refractivity contribution in [1.29, 1.82) is 0 Å². The van der Waals surface area contributed by atoms with Crippen LogP contribution in [0.2, 0.25) is 0 Å². The number of amides is 1. The molecule has 2 aromatic rings. The molecule has 1 aromatic heterocycles. The summed E-state index contributed by atoms with van der Waals surface area (Å²) >= 11 is 1.48. The van der Waals surface area contributed by atoms with Crippen molar-refractivity contribution in [3.63, 3.8) is 0 Å². The van der Waals surface area contributed by atoms with Crippen LogP contribution in [0.15, 0.2) is 29.8 Å². The Labute approximate surface area is 212 Å². The van der Waals surface area contributed by atoms with Crippen molar-refractivity contribution in [2.24, 2.45) is 17.8 Å². The van der Waals surface area contributed by atoms with E-state index in [4.69, 9.17) is 9.47 Å². The van der Waals surface area contributed by atoms with Crippen LogP contribution >= 0.6 is 11.3 Å². The third kappa shape index (κ3) is 5.47. The van der Waals surface area contributed by atoms with Crippen molar-refractivity contribution in [3.05, 3.63) is 45.9 Å². The lowest BCUT2D eigenvalue weighted by Crippen LogP contribution is -2.52. The molecular formula is C27H38N2O5S. The highest BCUT2D eigenvalue weighted by molar-refractivity contribution is 7.09. The molecule has 3 atom stereocenters. The molecule has 1 aliphatic rings. The summed E-state index contributed by atoms with van der Waals surface area (Å²) in [6.07, 6.45) is 1.16. The number of methoxy groups -OCH3 is 1. The third-order valence-electron chi connectivity index (χ3n) is 6.72. The first-order valence-electron chi connectivity index (χ1n) is 12.1. The first-order valence-corrected chi connectivity index (χ1v) is 13.0. The highest BCUT2D eigenvalue weighted by atomic mass is 32.1. The number of likely N-dealkylation sites (tertiary alicyclic amines) is 1. The van der Waals surface area contributed by atoms with Gasteiger partial charge in [-0.05, 0) is 40.9 Å². The fourth-order valence-corrected chi connectivity index (χ4v) is 6.11. The number of carbonyl (C=O) groups excluding carboxylic acids is 1. The van der Waals surface area contributed by atoms with E-state index in [-0.39, 0.29) is 29.1 Å². The zero-order valence-electron chi connectivity index (χ0n) is 22.0. The molecular weight excluding hydrogens is 464 g/mol. The Hall–Kier alpha value is -2.61. The van der Waals surface area contributed by atoms with Crippen LogP contribution < -0.4 is 4.74 Å². The Kier molecular flexibility index (Phi) is 7.84. The molecule has 1 aromatic carbocycles. The second-order valence-electron chi connectivity index (χ2n) is 11.2. The van der Waals surface area contributed by atoms with Crippen molar-refractivity contribution in [3.8, 4) is 5.75 Å². The largest absolute Gasteiger partial charge is 0.507 e. The topological polar surface area (TPSA) is 89.0 Å². The van der Waals surface area contributed by atoms with Gasteiger partial charge >= 0.3 is 6.16 Å². The Morgan fingerprint density at radius 1 is 1.26 bits per heavy atom. The number of rotatable bonds is 7. The molecule has 7 nitrogen and oxygen atoms in total. The van der Waals surface area contributed by atoms with Crippen LogP contribution in [-0.2, 0) is 10.2 Å². The smallest absolute Gasteiger partial charge is 0.496 e. The summed E-state index contributed by atoms with van der Waals surface area (Å²) in [5.41, 5.74) is -0.0357. The Morgan fingerprint density at radius 3 is 2.43 bits per heavy atom. The summed E-state index contributed by atoms with van der Waals surface area (Å²) in [7, 11) is 1.60. The van der Waals surface area contributed by atoms with Crippen LogP contribution in [-0.4, -0.2) is 39.9 Å². The summed E-state index contributed by atoms with van der Waals surface area (Å²) in [6, 6.07) is 5.08. The van der Waals surface area contributed by atoms with Gasteiger partial charge < -0.3 is 14.6 Å². The lowest BCUT2D eigenvalue weighted by atomic mass is 9.85. The molecule has 0 spiro atoms. The number of carbonyl (C=O) groups is 2. The van der Waals surface area contributed by atoms with Crippen LogP contribution in [0.5, 0.6) is 5.75 Å². The second-order valence-corrected chi connectivity index (χ2v) is 12.1. The molecule has 192 valence electrons. The summed E-state index contributed by atoms with van der Waals surface area (Å²) < 4.78 is 11.3. The fraction of sp³-hybridized carbons (Fsp3) is 0.593. The highest BCUT2D eigenvalue weighted by Crippen LogP contribution is 2.53. The van der Waals surface area contributed by atoms with E-state index in [9.17, 15) is 14.7 Å². The van der Waals surface area contributed by atoms with Gasteiger partial charge in [-0.2, -0.15) is 0 Å². The van der Waals surface area contributed by atoms with E-state index >= 15 is 0 Å². The number of ether oxygens (including phenoxy) is 2. The maximum atomic E-state index is 14.3. The minimum atomic E-state index is -1.38. The van der Waals surface area contributed by atoms with Crippen LogP contribution in [0.3, 0.4) is 0 Å². The summed E-state index contributed by atoms with van der Waals surface area (Å²) in [4.78, 5) is 32.5. The quantitative estimate of drug-likeness (QED) is 0.422. The van der Waals surface area contributed by atoms with Crippen molar-refractivity contribution >= 4 is 23.4 Å². The molecule has 2 heterocycles. The molecule has 1 saturated heterocycles. The Bertz CT molecular complexity index is 1040. The van der Waals surface area contributed by atoms with Crippen LogP contribution in [0, 0.1) is 17.8 Å². The molecule has 3 rings (SSSR count). The van der Waals surface area contributed by atoms with Gasteiger partial charge in [0.05, 0.1) is 13.2 Å². The van der Waals surface area contributed by atoms with E-state index in [2.05, 4.69) is 39.6 Å². The standard InChI is InChI=1S/C27H38N2O5S/c1-16(2)14-27(34-25(31)32)15-19(17(3)4)22(23-28-11-12-35-23)29(27)24(30)18-9-10-20(26(5,6)7)21(13-18)33-8/h9-13,16-17,19,22H,14-15H2,1-8H3,(H,31,32)/t19-,22+,27-/m0/s1. The van der Waals surface area contributed by atoms with Crippen LogP contribution in [0.4, 0.5) is 4.79 Å². The Balaban J connectivity index is 2.22. The van der Waals surface area contributed by atoms with Crippen LogP contribution in [0.1, 0.15) is 88.3 Å². The van der Waals surface area contributed by atoms with Gasteiger partial charge in [-0.1, -0.05) is 54.5 Å². The first kappa shape index (κ1) is 27.0. The molecule has 1 aliphatic heterocycles. The molecule has 1 fully saturated rings. The monoisotopic (exact) mass is 502 g/mol. The first-order chi connectivity index (χ1) is 16.3. The van der Waals surface area contributed by atoms with Gasteiger partial charge in [0.15, 0.2) is 5.72 Å². The van der Waals surface area contributed by atoms with Crippen molar-refractivity contribution < 1.29 is 24.2 Å². The van der Waals surface area contributed by atoms with Gasteiger partial charge in [0.25, 0.3) is 5.91 Å². The molecule has 0 unspecified atom stereocenters. The van der Waals surface area contributed by atoms with Gasteiger partial charge in [0.1, 0.15) is 10.8 Å². The van der Waals surface area contributed by atoms with Crippen molar-refractivity contribution in [2.75, 3.05) is 7.11 Å². The predicted molar refractivity (Wildman–Crippen MR) is 137 cm³/mol. The van der Waals surface area contributed by atoms with E-state index in [1.54, 1.807) is 30.3 Å². The molecule has 1 amide bonds. The lowest BCUT2D eigenvalue weighted by molar-refractivity contribution is -0.108. The van der Waals surface area contributed by atoms with E-state index in [0.29, 0.717) is 24.2 Å². The Morgan fingerprint density at radius 2 is 1.94 bits per heavy atom.